The van der Waals surface area contributed by atoms with Crippen LogP contribution in [0.1, 0.15) is 98.6 Å². The number of carbonyl (C=O) groups is 2. The normalized spacial score (nSPS) is 16.0. The number of carbonyl (C=O) groups excluding carboxylic acids is 2. The third-order valence-electron chi connectivity index (χ3n) is 8.34. The first-order chi connectivity index (χ1) is 22.2. The number of alkyl halides is 3. The molecule has 0 unspecified atom stereocenters. The molecule has 3 heterocycles. The quantitative estimate of drug-likeness (QED) is 0.228. The number of ether oxygens (including phenoxy) is 3. The Bertz CT molecular complexity index is 1650. The first-order valence-corrected chi connectivity index (χ1v) is 16.0. The van der Waals surface area contributed by atoms with Crippen molar-refractivity contribution in [3.8, 4) is 11.6 Å². The third kappa shape index (κ3) is 7.97. The van der Waals surface area contributed by atoms with Gasteiger partial charge in [-0.1, -0.05) is 18.2 Å². The lowest BCUT2D eigenvalue weighted by molar-refractivity contribution is -0.143. The summed E-state index contributed by atoms with van der Waals surface area (Å²) in [5.74, 6) is -0.0383. The van der Waals surface area contributed by atoms with Crippen molar-refractivity contribution < 1.29 is 37.0 Å². The summed E-state index contributed by atoms with van der Waals surface area (Å²) < 4.78 is 59.5. The highest BCUT2D eigenvalue weighted by Crippen LogP contribution is 2.37. The lowest BCUT2D eigenvalue weighted by Gasteiger charge is -2.33. The molecule has 1 aromatic carbocycles. The summed E-state index contributed by atoms with van der Waals surface area (Å²) in [5, 5.41) is 3.86. The average molecular weight is 655 g/mol. The molecule has 0 saturated carbocycles. The van der Waals surface area contributed by atoms with E-state index in [-0.39, 0.29) is 18.5 Å². The van der Waals surface area contributed by atoms with E-state index in [2.05, 4.69) is 22.2 Å². The van der Waals surface area contributed by atoms with Gasteiger partial charge in [-0.3, -0.25) is 0 Å². The van der Waals surface area contributed by atoms with Crippen molar-refractivity contribution in [2.24, 2.45) is 0 Å². The molecule has 1 amide bonds. The molecule has 1 aliphatic carbocycles. The monoisotopic (exact) mass is 654 g/mol. The fourth-order valence-electron chi connectivity index (χ4n) is 6.11. The SMILES string of the molecule is CCOC(=O)c1cnn(-c2cccc(C3=C(COc4ccc(C5CCN(C(=O)OC(C)(C)C)CC5)cc4C)CCC3)n2)c1C(F)(F)F. The molecule has 12 heteroatoms. The van der Waals surface area contributed by atoms with Crippen molar-refractivity contribution in [1.29, 1.82) is 0 Å². The molecule has 1 saturated heterocycles. The molecule has 0 N–H and O–H groups in total. The minimum absolute atomic E-state index is 0.0478. The van der Waals surface area contributed by atoms with Gasteiger partial charge in [0, 0.05) is 13.1 Å². The van der Waals surface area contributed by atoms with E-state index in [4.69, 9.17) is 14.2 Å². The van der Waals surface area contributed by atoms with E-state index in [0.29, 0.717) is 42.4 Å². The molecule has 3 aromatic rings. The Morgan fingerprint density at radius 2 is 1.79 bits per heavy atom. The summed E-state index contributed by atoms with van der Waals surface area (Å²) in [4.78, 5) is 31.0. The number of nitrogens with zero attached hydrogens (tertiary/aromatic N) is 4. The topological polar surface area (TPSA) is 95.8 Å². The highest BCUT2D eigenvalue weighted by Gasteiger charge is 2.41. The van der Waals surface area contributed by atoms with Crippen molar-refractivity contribution in [3.05, 3.63) is 76.2 Å². The first kappa shape index (κ1) is 34.0. The molecule has 0 bridgehead atoms. The van der Waals surface area contributed by atoms with Gasteiger partial charge in [0.1, 0.15) is 23.5 Å². The number of aryl methyl sites for hydroxylation is 1. The molecular formula is C35H41F3N4O5. The minimum atomic E-state index is -4.85. The number of hydrogen-bond donors (Lipinski definition) is 0. The smallest absolute Gasteiger partial charge is 0.434 e. The first-order valence-electron chi connectivity index (χ1n) is 16.0. The Hall–Kier alpha value is -4.35. The molecule has 2 aliphatic rings. The zero-order valence-electron chi connectivity index (χ0n) is 27.4. The Morgan fingerprint density at radius 3 is 2.45 bits per heavy atom. The Kier molecular flexibility index (Phi) is 9.97. The van der Waals surface area contributed by atoms with E-state index in [1.54, 1.807) is 17.0 Å². The van der Waals surface area contributed by atoms with Crippen LogP contribution in [0.4, 0.5) is 18.0 Å². The summed E-state index contributed by atoms with van der Waals surface area (Å²) in [7, 11) is 0. The van der Waals surface area contributed by atoms with Crippen molar-refractivity contribution in [2.75, 3.05) is 26.3 Å². The second kappa shape index (κ2) is 13.8. The fourth-order valence-corrected chi connectivity index (χ4v) is 6.11. The maximum absolute atomic E-state index is 14.1. The molecule has 0 radical (unpaired) electrons. The number of rotatable bonds is 8. The number of halogens is 3. The standard InChI is InChI=1S/C35H41F3N4O5/c1-6-45-32(43)27-20-39-42(31(27)35(36,37)38)30-12-8-11-28(40-30)26-10-7-9-25(26)21-46-29-14-13-24(19-22(29)2)23-15-17-41(18-16-23)33(44)47-34(3,4)5/h8,11-14,19-20,23H,6-7,9-10,15-18,21H2,1-5H3. The molecule has 47 heavy (non-hydrogen) atoms. The van der Waals surface area contributed by atoms with Crippen LogP contribution in [0.15, 0.2) is 48.2 Å². The maximum Gasteiger partial charge on any atom is 0.434 e. The Labute approximate surface area is 272 Å². The van der Waals surface area contributed by atoms with E-state index in [1.807, 2.05) is 33.8 Å². The lowest BCUT2D eigenvalue weighted by atomic mass is 9.88. The summed E-state index contributed by atoms with van der Waals surface area (Å²) in [6.45, 7) is 10.7. The minimum Gasteiger partial charge on any atom is -0.489 e. The number of esters is 1. The zero-order valence-corrected chi connectivity index (χ0v) is 27.4. The number of likely N-dealkylation sites (tertiary alicyclic amines) is 1. The highest BCUT2D eigenvalue weighted by atomic mass is 19.4. The molecule has 0 spiro atoms. The van der Waals surface area contributed by atoms with Crippen LogP contribution in [-0.4, -0.2) is 63.6 Å². The van der Waals surface area contributed by atoms with E-state index in [0.717, 1.165) is 54.3 Å². The van der Waals surface area contributed by atoms with E-state index in [9.17, 15) is 22.8 Å². The highest BCUT2D eigenvalue weighted by molar-refractivity contribution is 5.90. The van der Waals surface area contributed by atoms with Gasteiger partial charge in [-0.15, -0.1) is 0 Å². The van der Waals surface area contributed by atoms with Crippen molar-refractivity contribution in [1.82, 2.24) is 19.7 Å². The van der Waals surface area contributed by atoms with Crippen LogP contribution in [0.5, 0.6) is 5.75 Å². The number of amides is 1. The van der Waals surface area contributed by atoms with Gasteiger partial charge in [0.05, 0.1) is 18.5 Å². The summed E-state index contributed by atoms with van der Waals surface area (Å²) in [5.41, 5.74) is 2.33. The summed E-state index contributed by atoms with van der Waals surface area (Å²) >= 11 is 0. The Balaban J connectivity index is 1.28. The van der Waals surface area contributed by atoms with Crippen molar-refractivity contribution in [3.63, 3.8) is 0 Å². The van der Waals surface area contributed by atoms with Gasteiger partial charge in [0.25, 0.3) is 0 Å². The number of allylic oxidation sites excluding steroid dienone is 1. The van der Waals surface area contributed by atoms with E-state index < -0.39 is 29.0 Å². The zero-order chi connectivity index (χ0) is 33.9. The molecule has 9 nitrogen and oxygen atoms in total. The van der Waals surface area contributed by atoms with Gasteiger partial charge >= 0.3 is 18.2 Å². The fraction of sp³-hybridized carbons (Fsp3) is 0.486. The molecule has 5 rings (SSSR count). The van der Waals surface area contributed by atoms with Crippen molar-refractivity contribution in [2.45, 2.75) is 84.4 Å². The van der Waals surface area contributed by atoms with Gasteiger partial charge in [-0.05, 0) is 113 Å². The lowest BCUT2D eigenvalue weighted by Crippen LogP contribution is -2.41. The molecule has 1 fully saturated rings. The largest absolute Gasteiger partial charge is 0.489 e. The van der Waals surface area contributed by atoms with Crippen LogP contribution in [-0.2, 0) is 15.7 Å². The maximum atomic E-state index is 14.1. The van der Waals surface area contributed by atoms with Gasteiger partial charge in [0.2, 0.25) is 0 Å². The van der Waals surface area contributed by atoms with Crippen LogP contribution in [0.25, 0.3) is 11.4 Å². The van der Waals surface area contributed by atoms with Crippen LogP contribution < -0.4 is 4.74 Å². The van der Waals surface area contributed by atoms with E-state index in [1.165, 1.54) is 18.6 Å². The predicted octanol–water partition coefficient (Wildman–Crippen LogP) is 7.90. The van der Waals surface area contributed by atoms with Crippen LogP contribution in [0.2, 0.25) is 0 Å². The molecule has 252 valence electrons. The number of pyridine rings is 1. The van der Waals surface area contributed by atoms with Crippen LogP contribution >= 0.6 is 0 Å². The van der Waals surface area contributed by atoms with Crippen molar-refractivity contribution >= 4 is 17.6 Å². The predicted molar refractivity (Wildman–Crippen MR) is 170 cm³/mol. The number of aromatic nitrogens is 3. The molecule has 1 aliphatic heterocycles. The van der Waals surface area contributed by atoms with Gasteiger partial charge in [-0.25, -0.2) is 19.3 Å². The molecule has 2 aromatic heterocycles. The van der Waals surface area contributed by atoms with Gasteiger partial charge in [0.15, 0.2) is 11.5 Å². The third-order valence-corrected chi connectivity index (χ3v) is 8.34. The summed E-state index contributed by atoms with van der Waals surface area (Å²) in [6.07, 6.45) is -0.165. The Morgan fingerprint density at radius 1 is 1.04 bits per heavy atom. The number of piperidine rings is 1. The second-order valence-corrected chi connectivity index (χ2v) is 12.9. The number of hydrogen-bond acceptors (Lipinski definition) is 7. The van der Waals surface area contributed by atoms with Gasteiger partial charge in [-0.2, -0.15) is 18.3 Å². The summed E-state index contributed by atoms with van der Waals surface area (Å²) in [6, 6.07) is 11.0. The average Bonchev–Trinajstić information content (AvgIpc) is 3.68. The second-order valence-electron chi connectivity index (χ2n) is 12.9. The van der Waals surface area contributed by atoms with E-state index >= 15 is 0 Å². The molecule has 0 atom stereocenters. The van der Waals surface area contributed by atoms with Crippen LogP contribution in [0.3, 0.4) is 0 Å². The van der Waals surface area contributed by atoms with Crippen LogP contribution in [0, 0.1) is 6.92 Å². The van der Waals surface area contributed by atoms with Gasteiger partial charge < -0.3 is 19.1 Å². The molecular weight excluding hydrogens is 613 g/mol. The number of benzene rings is 1.